The van der Waals surface area contributed by atoms with Crippen molar-refractivity contribution in [3.05, 3.63) is 153 Å². The molecular weight excluding hydrogens is 1680 g/mol. The lowest BCUT2D eigenvalue weighted by Gasteiger charge is -2.54. The van der Waals surface area contributed by atoms with Crippen LogP contribution in [-0.2, 0) is 68.4 Å². The minimum absolute atomic E-state index is 0.0700. The number of benzene rings is 6. The SMILES string of the molecule is CNCCCOc1ccc(S(=O)(=O)NC(=O)C[C@@H]2NC(=O)[C@H](NC(=O)[C@@H](CC(C)C)NC)[C@H](O)c3ccc(c(Cl)c3)Oc3cc4cc(c3O[C@@H]3O[C@H](CO)[C@@H](O)[C@H](O)[C@H]3O[C@H]3C[C@](C)(N)[C@H](O)[C@H](C)O3)Oc3ccc(cc3)[C@@H](O)[C@@H]3NC(=O)[C@H](NC(=O)[C@@H]4NC2=O)c2ccc4c(c2)-c2c(cc(O)cc2C4(O)O)[C@@H](C(=O)NC2C4CC5CC(C4)CC2C5)NC3=O)cc1. The summed E-state index contributed by atoms with van der Waals surface area (Å²) in [6.07, 6.45) is -14.0. The molecule has 15 bridgehead atoms. The Morgan fingerprint density at radius 1 is 0.698 bits per heavy atom. The Labute approximate surface area is 728 Å². The summed E-state index contributed by atoms with van der Waals surface area (Å²) in [5.41, 5.74) is 3.04. The van der Waals surface area contributed by atoms with E-state index in [2.05, 4.69) is 47.9 Å². The van der Waals surface area contributed by atoms with Gasteiger partial charge in [0.1, 0.15) is 89.8 Å². The van der Waals surface area contributed by atoms with E-state index in [-0.39, 0.29) is 110 Å². The van der Waals surface area contributed by atoms with Crippen molar-refractivity contribution in [2.75, 3.05) is 33.9 Å². The Bertz CT molecular complexity index is 5270. The fraction of sp³-hybridized carbons (Fsp3) is 0.494. The molecule has 2 saturated heterocycles. The van der Waals surface area contributed by atoms with Gasteiger partial charge in [-0.2, -0.15) is 0 Å². The molecule has 6 aromatic carbocycles. The maximum atomic E-state index is 16.7. The topological polar surface area (TPSA) is 564 Å². The number of phenols is 1. The van der Waals surface area contributed by atoms with Gasteiger partial charge in [0.25, 0.3) is 10.0 Å². The van der Waals surface area contributed by atoms with E-state index in [4.69, 9.17) is 50.5 Å². The second-order valence-corrected chi connectivity index (χ2v) is 36.9. The number of aromatic hydroxyl groups is 1. The van der Waals surface area contributed by atoms with E-state index in [0.717, 1.165) is 74.6 Å². The fourth-order valence-corrected chi connectivity index (χ4v) is 20.2. The van der Waals surface area contributed by atoms with Crippen molar-refractivity contribution in [1.29, 1.82) is 0 Å². The number of aliphatic hydroxyl groups is 8. The van der Waals surface area contributed by atoms with E-state index in [1.807, 2.05) is 18.6 Å². The van der Waals surface area contributed by atoms with Crippen LogP contribution in [0.3, 0.4) is 0 Å². The molecule has 4 saturated carbocycles. The Kier molecular flexibility index (Phi) is 26.2. The van der Waals surface area contributed by atoms with E-state index in [9.17, 15) is 64.0 Å². The van der Waals surface area contributed by atoms with Gasteiger partial charge in [-0.05, 0) is 227 Å². The van der Waals surface area contributed by atoms with E-state index in [0.29, 0.717) is 24.8 Å². The van der Waals surface area contributed by atoms with Gasteiger partial charge in [-0.1, -0.05) is 55.8 Å². The van der Waals surface area contributed by atoms with Gasteiger partial charge < -0.3 is 133 Å². The molecule has 676 valence electrons. The molecule has 0 radical (unpaired) electrons. The molecule has 0 spiro atoms. The van der Waals surface area contributed by atoms with Crippen molar-refractivity contribution in [2.24, 2.45) is 35.3 Å². The van der Waals surface area contributed by atoms with Gasteiger partial charge in [0.15, 0.2) is 23.9 Å². The number of nitrogens with one attached hydrogen (secondary N) is 10. The Hall–Kier alpha value is -10.2. The number of likely N-dealkylation sites (N-methyl/N-ethyl adjacent to an activating group) is 1. The molecule has 8 amide bonds. The third-order valence-electron chi connectivity index (χ3n) is 25.3. The summed E-state index contributed by atoms with van der Waals surface area (Å²) in [5.74, 6) is -14.9. The molecule has 7 aliphatic heterocycles. The molecule has 37 nitrogen and oxygen atoms in total. The fourth-order valence-electron chi connectivity index (χ4n) is 19.0. The van der Waals surface area contributed by atoms with Gasteiger partial charge in [-0.3, -0.25) is 38.4 Å². The summed E-state index contributed by atoms with van der Waals surface area (Å²) in [4.78, 5) is 125. The van der Waals surface area contributed by atoms with Crippen molar-refractivity contribution >= 4 is 68.9 Å². The van der Waals surface area contributed by atoms with Crippen molar-refractivity contribution in [3.63, 3.8) is 0 Å². The Morgan fingerprint density at radius 2 is 1.36 bits per heavy atom. The number of hydrogen-bond acceptors (Lipinski definition) is 29. The van der Waals surface area contributed by atoms with Crippen LogP contribution in [0.2, 0.25) is 5.02 Å². The van der Waals surface area contributed by atoms with E-state index in [1.165, 1.54) is 87.6 Å². The standard InChI is InChI=1S/C87H104ClN11O26S/c1-37(2)22-56(91-6)78(108)97-70-72(104)43-11-19-58(55(88)29-43)122-60-31-46-30-59(75(60)125-85-76(74(106)73(105)61(36-100)123-85)124-63-35-86(4,89)77(107)38(3)120-63)121-49-12-8-41(9-13-49)71(103)69-84(114)96-68(82(112)93-65-44-24-39-23-40(26-44)27-45(65)25-39)52-32-47(101)33-54-64(52)51-28-42(10-18-53(51)87(54,115)116)66(80(110)98-69)95-81(111)67(46)94-79(109)57(92-83(70)113)34-62(102)99-126(117,118)50-16-14-48(15-17-50)119-21-7-20-90-5/h8-19,28-33,37-40,44-45,56-57,61,63,65-74,76-77,85,90-91,100-101,103-107,115-116H,7,20-27,34-36,89H2,1-6H3,(H,92,113)(H,93,112)(H,94,109)(H,95,111)(H,96,114)(H,97,108)(H,98,110)(H,99,102)/t38-,39?,40?,44?,45?,56+,57-,61+,63-,65?,66+,67+,68-,69-,70+,71+,72+,73+,74-,76+,77+,85-,86-/m0/s1. The molecule has 21 N–H and O–H groups in total. The quantitative estimate of drug-likeness (QED) is 0.0358. The first-order chi connectivity index (χ1) is 59.9. The molecule has 5 aliphatic carbocycles. The molecule has 12 aliphatic rings. The lowest BCUT2D eigenvalue weighted by atomic mass is 9.54. The van der Waals surface area contributed by atoms with Crippen LogP contribution in [0, 0.1) is 29.6 Å². The summed E-state index contributed by atoms with van der Waals surface area (Å²) in [6.45, 7) is 6.51. The highest BCUT2D eigenvalue weighted by atomic mass is 35.5. The second-order valence-electron chi connectivity index (χ2n) is 34.8. The highest BCUT2D eigenvalue weighted by Crippen LogP contribution is 2.56. The average Bonchev–Trinajstić information content (AvgIpc) is 1.55. The van der Waals surface area contributed by atoms with Crippen LogP contribution >= 0.6 is 11.6 Å². The number of sulfonamides is 1. The average molecular weight is 1790 g/mol. The molecular formula is C87H104ClN11O26S. The summed E-state index contributed by atoms with van der Waals surface area (Å²) in [6, 6.07) is 6.84. The molecule has 18 rings (SSSR count). The van der Waals surface area contributed by atoms with Gasteiger partial charge in [-0.15, -0.1) is 0 Å². The van der Waals surface area contributed by atoms with Crippen LogP contribution < -0.4 is 77.3 Å². The molecule has 6 aromatic rings. The van der Waals surface area contributed by atoms with E-state index < -0.39 is 219 Å². The zero-order valence-electron chi connectivity index (χ0n) is 69.5. The summed E-state index contributed by atoms with van der Waals surface area (Å²) in [5, 5.41) is 132. The molecule has 7 heterocycles. The first kappa shape index (κ1) is 90.5. The maximum absolute atomic E-state index is 16.7. The minimum atomic E-state index is -4.91. The van der Waals surface area contributed by atoms with Crippen LogP contribution in [-0.4, -0.2) is 220 Å². The predicted octanol–water partition coefficient (Wildman–Crippen LogP) is 1.41. The first-order valence-corrected chi connectivity index (χ1v) is 43.8. The third kappa shape index (κ3) is 18.5. The number of phenolic OH excluding ortho intramolecular Hbond substituents is 1. The second kappa shape index (κ2) is 36.5. The van der Waals surface area contributed by atoms with Crippen molar-refractivity contribution in [2.45, 2.75) is 211 Å². The number of fused-ring (bicyclic) bond motifs is 12. The smallest absolute Gasteiger partial charge is 0.264 e. The number of carbonyl (C=O) groups is 8. The van der Waals surface area contributed by atoms with Crippen molar-refractivity contribution in [1.82, 2.24) is 52.6 Å². The van der Waals surface area contributed by atoms with Crippen LogP contribution in [0.1, 0.15) is 155 Å². The summed E-state index contributed by atoms with van der Waals surface area (Å²) in [7, 11) is -1.70. The number of rotatable bonds is 21. The largest absolute Gasteiger partial charge is 0.508 e. The zero-order chi connectivity index (χ0) is 90.0. The lowest BCUT2D eigenvalue weighted by Crippen LogP contribution is -2.64. The summed E-state index contributed by atoms with van der Waals surface area (Å²) >= 11 is 7.22. The monoisotopic (exact) mass is 1790 g/mol. The Balaban J connectivity index is 0.914. The van der Waals surface area contributed by atoms with Crippen LogP contribution in [0.15, 0.2) is 114 Å². The van der Waals surface area contributed by atoms with Gasteiger partial charge in [0.05, 0.1) is 47.8 Å². The molecule has 39 heteroatoms. The predicted molar refractivity (Wildman–Crippen MR) is 444 cm³/mol. The van der Waals surface area contributed by atoms with Gasteiger partial charge >= 0.3 is 0 Å². The van der Waals surface area contributed by atoms with Crippen LogP contribution in [0.4, 0.5) is 0 Å². The van der Waals surface area contributed by atoms with Crippen LogP contribution in [0.5, 0.6) is 40.2 Å². The van der Waals surface area contributed by atoms with E-state index >= 15 is 28.8 Å². The molecule has 6 fully saturated rings. The number of ether oxygens (including phenoxy) is 7. The zero-order valence-corrected chi connectivity index (χ0v) is 71.1. The van der Waals surface area contributed by atoms with Crippen molar-refractivity contribution < 1.29 is 126 Å². The molecule has 126 heavy (non-hydrogen) atoms. The molecule has 0 aromatic heterocycles. The number of carbonyl (C=O) groups excluding carboxylic acids is 8. The van der Waals surface area contributed by atoms with E-state index in [1.54, 1.807) is 7.05 Å². The number of halogens is 1. The normalized spacial score (nSPS) is 31.0. The van der Waals surface area contributed by atoms with Gasteiger partial charge in [0.2, 0.25) is 65.1 Å². The number of amides is 8. The highest BCUT2D eigenvalue weighted by molar-refractivity contribution is 7.90. The lowest BCUT2D eigenvalue weighted by molar-refractivity contribution is -0.333. The highest BCUT2D eigenvalue weighted by Gasteiger charge is 2.54. The number of hydrogen-bond donors (Lipinski definition) is 20. The number of aliphatic hydroxyl groups excluding tert-OH is 6. The summed E-state index contributed by atoms with van der Waals surface area (Å²) < 4.78 is 75.4. The maximum Gasteiger partial charge on any atom is 0.264 e. The molecule has 0 unspecified atom stereocenters. The first-order valence-electron chi connectivity index (χ1n) is 42.0. The van der Waals surface area contributed by atoms with Crippen LogP contribution in [0.25, 0.3) is 11.1 Å². The minimum Gasteiger partial charge on any atom is -0.508 e. The Morgan fingerprint density at radius 3 is 2.02 bits per heavy atom. The third-order valence-corrected chi connectivity index (χ3v) is 26.9. The molecule has 18 atom stereocenters. The van der Waals surface area contributed by atoms with Gasteiger partial charge in [0, 0.05) is 29.1 Å². The van der Waals surface area contributed by atoms with Crippen molar-refractivity contribution in [3.8, 4) is 51.4 Å². The van der Waals surface area contributed by atoms with Gasteiger partial charge in [-0.25, -0.2) is 13.1 Å². The number of nitrogens with two attached hydrogens (primary N) is 1.